The number of rotatable bonds is 2. The van der Waals surface area contributed by atoms with Crippen LogP contribution in [0.15, 0.2) is 59.8 Å². The van der Waals surface area contributed by atoms with E-state index in [-0.39, 0.29) is 11.8 Å². The molecule has 2 aromatic rings. The lowest BCUT2D eigenvalue weighted by molar-refractivity contribution is -0.116. The molecule has 0 bridgehead atoms. The van der Waals surface area contributed by atoms with Gasteiger partial charge in [0.15, 0.2) is 5.78 Å². The second kappa shape index (κ2) is 6.04. The van der Waals surface area contributed by atoms with E-state index < -0.39 is 0 Å². The van der Waals surface area contributed by atoms with Crippen molar-refractivity contribution in [1.29, 1.82) is 0 Å². The maximum atomic E-state index is 12.7. The topological polar surface area (TPSA) is 50.4 Å². The van der Waals surface area contributed by atoms with Crippen LogP contribution < -0.4 is 15.4 Å². The highest BCUT2D eigenvalue weighted by Crippen LogP contribution is 2.42. The number of carbonyl (C=O) groups excluding carboxylic acids is 1. The number of methoxy groups -OCH3 is 1. The van der Waals surface area contributed by atoms with Crippen molar-refractivity contribution in [2.75, 3.05) is 17.7 Å². The van der Waals surface area contributed by atoms with Crippen LogP contribution in [-0.2, 0) is 4.79 Å². The van der Waals surface area contributed by atoms with Crippen molar-refractivity contribution in [2.24, 2.45) is 0 Å². The fourth-order valence-corrected chi connectivity index (χ4v) is 3.57. The molecule has 24 heavy (non-hydrogen) atoms. The maximum Gasteiger partial charge on any atom is 0.163 e. The van der Waals surface area contributed by atoms with Gasteiger partial charge in [0, 0.05) is 23.3 Å². The molecule has 2 aromatic carbocycles. The lowest BCUT2D eigenvalue weighted by Crippen LogP contribution is -2.23. The zero-order chi connectivity index (χ0) is 16.5. The number of hydrogen-bond donors (Lipinski definition) is 2. The number of Topliss-reactive ketones (excluding diaryl/α,β-unsaturated/α-hetero) is 1. The molecule has 1 atom stereocenters. The lowest BCUT2D eigenvalue weighted by Gasteiger charge is -2.26. The van der Waals surface area contributed by atoms with Crippen LogP contribution in [-0.4, -0.2) is 12.9 Å². The minimum atomic E-state index is -0.208. The summed E-state index contributed by atoms with van der Waals surface area (Å²) in [7, 11) is 1.67. The summed E-state index contributed by atoms with van der Waals surface area (Å²) in [5.41, 5.74) is 4.86. The third-order valence-electron chi connectivity index (χ3n) is 4.71. The second-order valence-electron chi connectivity index (χ2n) is 6.16. The van der Waals surface area contributed by atoms with E-state index in [9.17, 15) is 4.79 Å². The van der Waals surface area contributed by atoms with Crippen LogP contribution in [0, 0.1) is 0 Å². The van der Waals surface area contributed by atoms with Gasteiger partial charge in [-0.2, -0.15) is 0 Å². The number of carbonyl (C=O) groups is 1. The van der Waals surface area contributed by atoms with Crippen LogP contribution in [0.1, 0.15) is 30.9 Å². The number of ketones is 1. The van der Waals surface area contributed by atoms with Crippen molar-refractivity contribution in [3.63, 3.8) is 0 Å². The van der Waals surface area contributed by atoms with Gasteiger partial charge in [0.25, 0.3) is 0 Å². The summed E-state index contributed by atoms with van der Waals surface area (Å²) in [5, 5.41) is 7.04. The minimum Gasteiger partial charge on any atom is -0.496 e. The molecule has 1 heterocycles. The Kier molecular flexibility index (Phi) is 3.73. The van der Waals surface area contributed by atoms with E-state index in [4.69, 9.17) is 4.74 Å². The predicted molar refractivity (Wildman–Crippen MR) is 95.3 cm³/mol. The van der Waals surface area contributed by atoms with Crippen LogP contribution in [0.4, 0.5) is 11.4 Å². The second-order valence-corrected chi connectivity index (χ2v) is 6.16. The fraction of sp³-hybridized carbons (Fsp3) is 0.250. The molecule has 0 radical (unpaired) electrons. The predicted octanol–water partition coefficient (Wildman–Crippen LogP) is 4.28. The first kappa shape index (κ1) is 14.8. The number of anilines is 2. The van der Waals surface area contributed by atoms with Crippen LogP contribution in [0.2, 0.25) is 0 Å². The number of fused-ring (bicyclic) bond motifs is 1. The van der Waals surface area contributed by atoms with Gasteiger partial charge in [-0.1, -0.05) is 30.3 Å². The van der Waals surface area contributed by atoms with E-state index in [0.717, 1.165) is 46.8 Å². The molecule has 4 heteroatoms. The molecule has 4 rings (SSSR count). The van der Waals surface area contributed by atoms with Crippen molar-refractivity contribution in [3.05, 3.63) is 65.4 Å². The fourth-order valence-electron chi connectivity index (χ4n) is 3.57. The highest BCUT2D eigenvalue weighted by Gasteiger charge is 2.33. The van der Waals surface area contributed by atoms with E-state index in [2.05, 4.69) is 10.6 Å². The molecule has 0 amide bonds. The summed E-state index contributed by atoms with van der Waals surface area (Å²) >= 11 is 0. The Morgan fingerprint density at radius 2 is 1.75 bits per heavy atom. The maximum absolute atomic E-state index is 12.7. The van der Waals surface area contributed by atoms with Gasteiger partial charge in [0.1, 0.15) is 5.75 Å². The Hall–Kier alpha value is -2.75. The largest absolute Gasteiger partial charge is 0.496 e. The quantitative estimate of drug-likeness (QED) is 0.867. The smallest absolute Gasteiger partial charge is 0.163 e. The lowest BCUT2D eigenvalue weighted by atomic mass is 9.86. The molecule has 1 aliphatic heterocycles. The molecule has 1 aliphatic carbocycles. The van der Waals surface area contributed by atoms with Crippen LogP contribution >= 0.6 is 0 Å². The minimum absolute atomic E-state index is 0.208. The van der Waals surface area contributed by atoms with E-state index >= 15 is 0 Å². The number of para-hydroxylation sites is 3. The summed E-state index contributed by atoms with van der Waals surface area (Å²) < 4.78 is 5.55. The Bertz CT molecular complexity index is 826. The molecule has 2 N–H and O–H groups in total. The van der Waals surface area contributed by atoms with Gasteiger partial charge in [-0.25, -0.2) is 0 Å². The average molecular weight is 320 g/mol. The number of benzene rings is 2. The van der Waals surface area contributed by atoms with E-state index in [1.165, 1.54) is 0 Å². The Labute approximate surface area is 141 Å². The average Bonchev–Trinajstić information content (AvgIpc) is 2.79. The summed E-state index contributed by atoms with van der Waals surface area (Å²) in [6.07, 6.45) is 2.39. The normalized spacial score (nSPS) is 19.5. The number of nitrogens with one attached hydrogen (secondary N) is 2. The highest BCUT2D eigenvalue weighted by atomic mass is 16.5. The van der Waals surface area contributed by atoms with Gasteiger partial charge in [-0.05, 0) is 31.0 Å². The monoisotopic (exact) mass is 320 g/mol. The SMILES string of the molecule is COc1ccccc1C1Nc2ccccc2NC2=C1C(=O)CCC2. The Morgan fingerprint density at radius 3 is 2.58 bits per heavy atom. The van der Waals surface area contributed by atoms with Crippen molar-refractivity contribution >= 4 is 17.2 Å². The summed E-state index contributed by atoms with van der Waals surface area (Å²) in [6.45, 7) is 0. The summed E-state index contributed by atoms with van der Waals surface area (Å²) in [4.78, 5) is 12.7. The van der Waals surface area contributed by atoms with E-state index in [0.29, 0.717) is 6.42 Å². The van der Waals surface area contributed by atoms with Crippen LogP contribution in [0.3, 0.4) is 0 Å². The number of ether oxygens (including phenoxy) is 1. The third-order valence-corrected chi connectivity index (χ3v) is 4.71. The molecule has 0 spiro atoms. The molecule has 0 saturated heterocycles. The molecule has 122 valence electrons. The first-order chi connectivity index (χ1) is 11.8. The zero-order valence-electron chi connectivity index (χ0n) is 13.6. The highest BCUT2D eigenvalue weighted by molar-refractivity contribution is 6.00. The summed E-state index contributed by atoms with van der Waals surface area (Å²) in [6, 6.07) is 15.8. The van der Waals surface area contributed by atoms with Crippen molar-refractivity contribution < 1.29 is 9.53 Å². The molecule has 0 saturated carbocycles. The molecule has 0 aromatic heterocycles. The molecular formula is C20H20N2O2. The van der Waals surface area contributed by atoms with Crippen molar-refractivity contribution in [2.45, 2.75) is 25.3 Å². The zero-order valence-corrected chi connectivity index (χ0v) is 13.6. The summed E-state index contributed by atoms with van der Waals surface area (Å²) in [5.74, 6) is 1.000. The Morgan fingerprint density at radius 1 is 1.00 bits per heavy atom. The van der Waals surface area contributed by atoms with Crippen molar-refractivity contribution in [1.82, 2.24) is 0 Å². The molecule has 2 aliphatic rings. The van der Waals surface area contributed by atoms with Gasteiger partial charge >= 0.3 is 0 Å². The van der Waals surface area contributed by atoms with Crippen LogP contribution in [0.25, 0.3) is 0 Å². The molecular weight excluding hydrogens is 300 g/mol. The third kappa shape index (κ3) is 2.44. The first-order valence-electron chi connectivity index (χ1n) is 8.29. The van der Waals surface area contributed by atoms with Gasteiger partial charge in [-0.15, -0.1) is 0 Å². The Balaban J connectivity index is 1.90. The van der Waals surface area contributed by atoms with Gasteiger partial charge in [0.05, 0.1) is 24.5 Å². The van der Waals surface area contributed by atoms with E-state index in [1.807, 2.05) is 48.5 Å². The molecule has 4 nitrogen and oxygen atoms in total. The van der Waals surface area contributed by atoms with Gasteiger partial charge in [0.2, 0.25) is 0 Å². The van der Waals surface area contributed by atoms with Gasteiger partial charge < -0.3 is 15.4 Å². The molecule has 0 fully saturated rings. The molecule has 1 unspecified atom stereocenters. The van der Waals surface area contributed by atoms with Crippen LogP contribution in [0.5, 0.6) is 5.75 Å². The van der Waals surface area contributed by atoms with E-state index in [1.54, 1.807) is 7.11 Å². The van der Waals surface area contributed by atoms with Gasteiger partial charge in [-0.3, -0.25) is 4.79 Å². The first-order valence-corrected chi connectivity index (χ1v) is 8.29. The van der Waals surface area contributed by atoms with Crippen molar-refractivity contribution in [3.8, 4) is 5.75 Å². The standard InChI is InChI=1S/C20H20N2O2/c1-24-18-12-5-2-7-13(18)20-19-16(10-6-11-17(19)23)21-14-8-3-4-9-15(14)22-20/h2-5,7-9,12,20-22H,6,10-11H2,1H3. The number of allylic oxidation sites excluding steroid dienone is 1. The number of hydrogen-bond acceptors (Lipinski definition) is 4.